The van der Waals surface area contributed by atoms with Crippen LogP contribution in [0.15, 0.2) is 54.6 Å². The van der Waals surface area contributed by atoms with E-state index in [4.69, 9.17) is 0 Å². The summed E-state index contributed by atoms with van der Waals surface area (Å²) in [6, 6.07) is 19.2. The highest BCUT2D eigenvalue weighted by Gasteiger charge is 2.27. The van der Waals surface area contributed by atoms with Gasteiger partial charge in [-0.15, -0.1) is 12.4 Å². The number of carbonyl (C=O) groups is 1. The van der Waals surface area contributed by atoms with Gasteiger partial charge in [0.1, 0.15) is 0 Å². The normalized spacial score (nSPS) is 15.3. The van der Waals surface area contributed by atoms with E-state index >= 15 is 0 Å². The van der Waals surface area contributed by atoms with E-state index in [1.54, 1.807) is 6.92 Å². The van der Waals surface area contributed by atoms with Gasteiger partial charge >= 0.3 is 0 Å². The molecule has 3 nitrogen and oxygen atoms in total. The summed E-state index contributed by atoms with van der Waals surface area (Å²) in [4.78, 5) is 16.7. The Balaban J connectivity index is 0.00000243. The Labute approximate surface area is 163 Å². The number of benzene rings is 2. The molecule has 1 amide bonds. The quantitative estimate of drug-likeness (QED) is 0.772. The van der Waals surface area contributed by atoms with E-state index in [0.29, 0.717) is 6.04 Å². The molecule has 0 radical (unpaired) electrons. The van der Waals surface area contributed by atoms with Gasteiger partial charge in [-0.3, -0.25) is 4.79 Å². The van der Waals surface area contributed by atoms with Gasteiger partial charge in [-0.25, -0.2) is 0 Å². The van der Waals surface area contributed by atoms with Gasteiger partial charge in [0.25, 0.3) is 0 Å². The van der Waals surface area contributed by atoms with Crippen LogP contribution in [0, 0.1) is 6.92 Å². The van der Waals surface area contributed by atoms with Gasteiger partial charge < -0.3 is 9.80 Å². The molecule has 1 aliphatic rings. The number of nitrogens with zero attached hydrogens (tertiary/aromatic N) is 2. The van der Waals surface area contributed by atoms with Crippen LogP contribution < -0.4 is 4.90 Å². The Kier molecular flexibility index (Phi) is 7.67. The van der Waals surface area contributed by atoms with Gasteiger partial charge in [0.2, 0.25) is 5.91 Å². The van der Waals surface area contributed by atoms with Crippen molar-refractivity contribution in [1.29, 1.82) is 0 Å². The Morgan fingerprint density at radius 1 is 1.08 bits per heavy atom. The summed E-state index contributed by atoms with van der Waals surface area (Å²) in [5, 5.41) is 0. The lowest BCUT2D eigenvalue weighted by Gasteiger charge is -2.38. The maximum absolute atomic E-state index is 12.2. The van der Waals surface area contributed by atoms with Crippen LogP contribution in [0.4, 0.5) is 5.69 Å². The average molecular weight is 373 g/mol. The lowest BCUT2D eigenvalue weighted by Crippen LogP contribution is -2.47. The molecule has 0 unspecified atom stereocenters. The van der Waals surface area contributed by atoms with Crippen molar-refractivity contribution in [2.24, 2.45) is 0 Å². The number of carbonyl (C=O) groups excluding carboxylic acids is 1. The Bertz CT molecular complexity index is 696. The number of halogens is 1. The number of piperidine rings is 1. The van der Waals surface area contributed by atoms with Crippen molar-refractivity contribution >= 4 is 24.0 Å². The largest absolute Gasteiger partial charge is 0.310 e. The van der Waals surface area contributed by atoms with Crippen LogP contribution in [-0.2, 0) is 11.2 Å². The first-order valence-corrected chi connectivity index (χ1v) is 9.26. The van der Waals surface area contributed by atoms with Crippen molar-refractivity contribution in [2.75, 3.05) is 24.5 Å². The fraction of sp³-hybridized carbons (Fsp3) is 0.409. The molecule has 0 spiro atoms. The fourth-order valence-electron chi connectivity index (χ4n) is 3.79. The van der Waals surface area contributed by atoms with Gasteiger partial charge in [-0.05, 0) is 43.9 Å². The molecule has 3 rings (SSSR count). The number of para-hydroxylation sites is 1. The summed E-state index contributed by atoms with van der Waals surface area (Å²) >= 11 is 0. The number of rotatable bonds is 5. The fourth-order valence-corrected chi connectivity index (χ4v) is 3.79. The molecule has 4 heteroatoms. The van der Waals surface area contributed by atoms with Gasteiger partial charge in [-0.1, -0.05) is 48.0 Å². The van der Waals surface area contributed by atoms with Gasteiger partial charge in [0.15, 0.2) is 0 Å². The molecule has 0 N–H and O–H groups in total. The van der Waals surface area contributed by atoms with E-state index in [9.17, 15) is 4.79 Å². The highest BCUT2D eigenvalue weighted by Crippen LogP contribution is 2.24. The van der Waals surface area contributed by atoms with Crippen molar-refractivity contribution < 1.29 is 4.79 Å². The lowest BCUT2D eigenvalue weighted by atomic mass is 10.0. The Morgan fingerprint density at radius 3 is 2.38 bits per heavy atom. The summed E-state index contributed by atoms with van der Waals surface area (Å²) in [7, 11) is 0. The SMILES string of the molecule is CC(=O)N(c1ccccc1)C1CCN(CCc2cccc(C)c2)CC1.Cl. The van der Waals surface area contributed by atoms with E-state index in [1.165, 1.54) is 11.1 Å². The highest BCUT2D eigenvalue weighted by molar-refractivity contribution is 5.92. The van der Waals surface area contributed by atoms with Crippen molar-refractivity contribution in [3.8, 4) is 0 Å². The van der Waals surface area contributed by atoms with Crippen LogP contribution in [0.25, 0.3) is 0 Å². The molecular weight excluding hydrogens is 344 g/mol. The maximum Gasteiger partial charge on any atom is 0.224 e. The summed E-state index contributed by atoms with van der Waals surface area (Å²) in [5.41, 5.74) is 3.76. The molecule has 140 valence electrons. The minimum absolute atomic E-state index is 0. The third-order valence-electron chi connectivity index (χ3n) is 5.10. The van der Waals surface area contributed by atoms with Crippen LogP contribution in [0.5, 0.6) is 0 Å². The molecule has 0 atom stereocenters. The van der Waals surface area contributed by atoms with Crippen LogP contribution in [0.2, 0.25) is 0 Å². The molecule has 1 heterocycles. The number of hydrogen-bond acceptors (Lipinski definition) is 2. The van der Waals surface area contributed by atoms with Crippen LogP contribution in [0.1, 0.15) is 30.9 Å². The van der Waals surface area contributed by atoms with Crippen LogP contribution in [-0.4, -0.2) is 36.5 Å². The predicted octanol–water partition coefficient (Wildman–Crippen LogP) is 4.48. The minimum atomic E-state index is 0. The average Bonchev–Trinajstić information content (AvgIpc) is 2.62. The van der Waals surface area contributed by atoms with Crippen molar-refractivity contribution in [1.82, 2.24) is 4.90 Å². The van der Waals surface area contributed by atoms with E-state index < -0.39 is 0 Å². The molecule has 0 saturated carbocycles. The third kappa shape index (κ3) is 5.33. The first kappa shape index (κ1) is 20.5. The second kappa shape index (κ2) is 9.75. The third-order valence-corrected chi connectivity index (χ3v) is 5.10. The van der Waals surface area contributed by atoms with E-state index in [2.05, 4.69) is 36.1 Å². The second-order valence-electron chi connectivity index (χ2n) is 7.04. The zero-order valence-electron chi connectivity index (χ0n) is 15.7. The smallest absolute Gasteiger partial charge is 0.224 e. The Morgan fingerprint density at radius 2 is 1.77 bits per heavy atom. The molecule has 0 aromatic heterocycles. The van der Waals surface area contributed by atoms with E-state index in [1.807, 2.05) is 35.2 Å². The molecule has 2 aromatic carbocycles. The minimum Gasteiger partial charge on any atom is -0.310 e. The standard InChI is InChI=1S/C22H28N2O.ClH/c1-18-7-6-8-20(17-18)11-14-23-15-12-22(13-16-23)24(19(2)25)21-9-4-3-5-10-21;/h3-10,17,22H,11-16H2,1-2H3;1H. The molecule has 26 heavy (non-hydrogen) atoms. The van der Waals surface area contributed by atoms with Crippen LogP contribution >= 0.6 is 12.4 Å². The second-order valence-corrected chi connectivity index (χ2v) is 7.04. The topological polar surface area (TPSA) is 23.6 Å². The maximum atomic E-state index is 12.2. The summed E-state index contributed by atoms with van der Waals surface area (Å²) in [6.45, 7) is 7.05. The first-order chi connectivity index (χ1) is 12.1. The molecule has 1 fully saturated rings. The zero-order valence-corrected chi connectivity index (χ0v) is 16.5. The van der Waals surface area contributed by atoms with Gasteiger partial charge in [-0.2, -0.15) is 0 Å². The molecule has 2 aromatic rings. The molecular formula is C22H29ClN2O. The van der Waals surface area contributed by atoms with Crippen LogP contribution in [0.3, 0.4) is 0 Å². The van der Waals surface area contributed by atoms with Crippen molar-refractivity contribution in [3.63, 3.8) is 0 Å². The summed E-state index contributed by atoms with van der Waals surface area (Å²) in [5.74, 6) is 0.143. The summed E-state index contributed by atoms with van der Waals surface area (Å²) in [6.07, 6.45) is 3.19. The van der Waals surface area contributed by atoms with Crippen molar-refractivity contribution in [2.45, 2.75) is 39.2 Å². The molecule has 0 aliphatic carbocycles. The Hall–Kier alpha value is -1.84. The van der Waals surface area contributed by atoms with E-state index in [-0.39, 0.29) is 18.3 Å². The zero-order chi connectivity index (χ0) is 17.6. The predicted molar refractivity (Wildman–Crippen MR) is 111 cm³/mol. The molecule has 0 bridgehead atoms. The van der Waals surface area contributed by atoms with Gasteiger partial charge in [0, 0.05) is 38.3 Å². The van der Waals surface area contributed by atoms with Gasteiger partial charge in [0.05, 0.1) is 0 Å². The van der Waals surface area contributed by atoms with E-state index in [0.717, 1.165) is 44.6 Å². The lowest BCUT2D eigenvalue weighted by molar-refractivity contribution is -0.117. The molecule has 1 saturated heterocycles. The highest BCUT2D eigenvalue weighted by atomic mass is 35.5. The number of amides is 1. The summed E-state index contributed by atoms with van der Waals surface area (Å²) < 4.78 is 0. The van der Waals surface area contributed by atoms with Crippen molar-refractivity contribution in [3.05, 3.63) is 65.7 Å². The monoisotopic (exact) mass is 372 g/mol. The number of anilines is 1. The number of aryl methyl sites for hydroxylation is 1. The number of hydrogen-bond donors (Lipinski definition) is 0. The number of likely N-dealkylation sites (tertiary alicyclic amines) is 1. The molecule has 1 aliphatic heterocycles. The first-order valence-electron chi connectivity index (χ1n) is 9.26.